The van der Waals surface area contributed by atoms with Crippen LogP contribution < -0.4 is 16.4 Å². The summed E-state index contributed by atoms with van der Waals surface area (Å²) in [6, 6.07) is 6.95. The zero-order valence-electron chi connectivity index (χ0n) is 14.2. The first-order chi connectivity index (χ1) is 10.7. The van der Waals surface area contributed by atoms with Crippen molar-refractivity contribution in [1.82, 2.24) is 5.32 Å². The number of amides is 2. The van der Waals surface area contributed by atoms with E-state index in [1.807, 2.05) is 20.8 Å². The Morgan fingerprint density at radius 1 is 1.13 bits per heavy atom. The van der Waals surface area contributed by atoms with Crippen LogP contribution in [0.5, 0.6) is 0 Å². The molecule has 1 aromatic rings. The van der Waals surface area contributed by atoms with Gasteiger partial charge in [-0.25, -0.2) is 0 Å². The average Bonchev–Trinajstić information content (AvgIpc) is 2.46. The zero-order chi connectivity index (χ0) is 17.1. The molecule has 0 radical (unpaired) electrons. The molecular weight excluding hydrogens is 290 g/mol. The molecule has 1 saturated carbocycles. The summed E-state index contributed by atoms with van der Waals surface area (Å²) in [4.78, 5) is 24.7. The number of benzene rings is 1. The van der Waals surface area contributed by atoms with E-state index in [0.29, 0.717) is 24.1 Å². The van der Waals surface area contributed by atoms with E-state index < -0.39 is 5.54 Å². The smallest absolute Gasteiger partial charge is 0.251 e. The standard InChI is InChI=1S/C18H27N3O2/c1-17(2,3)21-15(22)13-8-7-9-14(12-13)20-16(23)18(19)10-5-4-6-11-18/h7-9,12H,4-6,10-11,19H2,1-3H3,(H,20,23)(H,21,22). The second kappa shape index (κ2) is 6.71. The molecule has 2 amide bonds. The fourth-order valence-electron chi connectivity index (χ4n) is 2.82. The normalized spacial score (nSPS) is 17.4. The van der Waals surface area contributed by atoms with Gasteiger partial charge in [0.15, 0.2) is 0 Å². The topological polar surface area (TPSA) is 84.2 Å². The van der Waals surface area contributed by atoms with Crippen molar-refractivity contribution in [2.45, 2.75) is 64.0 Å². The monoisotopic (exact) mass is 317 g/mol. The molecule has 5 heteroatoms. The number of rotatable bonds is 3. The Hall–Kier alpha value is -1.88. The Morgan fingerprint density at radius 2 is 1.78 bits per heavy atom. The van der Waals surface area contributed by atoms with Gasteiger partial charge in [-0.2, -0.15) is 0 Å². The molecule has 0 saturated heterocycles. The van der Waals surface area contributed by atoms with Gasteiger partial charge in [0.25, 0.3) is 5.91 Å². The molecular formula is C18H27N3O2. The summed E-state index contributed by atoms with van der Waals surface area (Å²) >= 11 is 0. The van der Waals surface area contributed by atoms with Crippen LogP contribution in [0.1, 0.15) is 63.2 Å². The van der Waals surface area contributed by atoms with Gasteiger partial charge in [0.05, 0.1) is 5.54 Å². The van der Waals surface area contributed by atoms with Crippen LogP contribution in [-0.2, 0) is 4.79 Å². The van der Waals surface area contributed by atoms with Crippen LogP contribution in [0.15, 0.2) is 24.3 Å². The van der Waals surface area contributed by atoms with Gasteiger partial charge in [-0.05, 0) is 51.8 Å². The molecule has 0 aromatic heterocycles. The molecule has 126 valence electrons. The van der Waals surface area contributed by atoms with Gasteiger partial charge < -0.3 is 16.4 Å². The molecule has 4 N–H and O–H groups in total. The number of carbonyl (C=O) groups is 2. The first-order valence-electron chi connectivity index (χ1n) is 8.23. The molecule has 0 aliphatic heterocycles. The number of nitrogens with two attached hydrogens (primary N) is 1. The lowest BCUT2D eigenvalue weighted by Gasteiger charge is -2.31. The van der Waals surface area contributed by atoms with Crippen LogP contribution >= 0.6 is 0 Å². The van der Waals surface area contributed by atoms with E-state index in [9.17, 15) is 9.59 Å². The van der Waals surface area contributed by atoms with Gasteiger partial charge in [-0.15, -0.1) is 0 Å². The number of anilines is 1. The number of nitrogens with one attached hydrogen (secondary N) is 2. The van der Waals surface area contributed by atoms with Crippen LogP contribution in [-0.4, -0.2) is 22.9 Å². The molecule has 1 fully saturated rings. The van der Waals surface area contributed by atoms with E-state index in [-0.39, 0.29) is 17.4 Å². The molecule has 0 bridgehead atoms. The Labute approximate surface area is 138 Å². The first kappa shape index (κ1) is 17.5. The summed E-state index contributed by atoms with van der Waals surface area (Å²) in [7, 11) is 0. The third kappa shape index (κ3) is 4.79. The maximum Gasteiger partial charge on any atom is 0.251 e. The van der Waals surface area contributed by atoms with E-state index in [1.54, 1.807) is 24.3 Å². The van der Waals surface area contributed by atoms with Crippen LogP contribution in [0, 0.1) is 0 Å². The van der Waals surface area contributed by atoms with E-state index >= 15 is 0 Å². The third-order valence-electron chi connectivity index (χ3n) is 4.07. The Bertz CT molecular complexity index is 584. The van der Waals surface area contributed by atoms with E-state index in [1.165, 1.54) is 0 Å². The first-order valence-corrected chi connectivity index (χ1v) is 8.23. The van der Waals surface area contributed by atoms with Gasteiger partial charge in [-0.1, -0.05) is 25.3 Å². The molecule has 1 aliphatic carbocycles. The third-order valence-corrected chi connectivity index (χ3v) is 4.07. The van der Waals surface area contributed by atoms with Gasteiger partial charge in [-0.3, -0.25) is 9.59 Å². The molecule has 23 heavy (non-hydrogen) atoms. The van der Waals surface area contributed by atoms with Crippen molar-refractivity contribution in [3.63, 3.8) is 0 Å². The van der Waals surface area contributed by atoms with Crippen molar-refractivity contribution in [2.75, 3.05) is 5.32 Å². The van der Waals surface area contributed by atoms with Crippen molar-refractivity contribution in [3.05, 3.63) is 29.8 Å². The highest BCUT2D eigenvalue weighted by Crippen LogP contribution is 2.27. The van der Waals surface area contributed by atoms with E-state index in [0.717, 1.165) is 19.3 Å². The van der Waals surface area contributed by atoms with E-state index in [4.69, 9.17) is 5.73 Å². The minimum Gasteiger partial charge on any atom is -0.347 e. The second-order valence-electron chi connectivity index (χ2n) is 7.46. The van der Waals surface area contributed by atoms with Gasteiger partial charge in [0.1, 0.15) is 0 Å². The quantitative estimate of drug-likeness (QED) is 0.801. The van der Waals surface area contributed by atoms with Crippen molar-refractivity contribution in [1.29, 1.82) is 0 Å². The molecule has 1 aliphatic rings. The SMILES string of the molecule is CC(C)(C)NC(=O)c1cccc(NC(=O)C2(N)CCCCC2)c1. The van der Waals surface area contributed by atoms with Gasteiger partial charge in [0.2, 0.25) is 5.91 Å². The largest absolute Gasteiger partial charge is 0.347 e. The lowest BCUT2D eigenvalue weighted by Crippen LogP contribution is -2.52. The maximum absolute atomic E-state index is 12.5. The van der Waals surface area contributed by atoms with Gasteiger partial charge >= 0.3 is 0 Å². The summed E-state index contributed by atoms with van der Waals surface area (Å²) in [5.74, 6) is -0.320. The van der Waals surface area contributed by atoms with Crippen molar-refractivity contribution in [2.24, 2.45) is 5.73 Å². The number of carbonyl (C=O) groups excluding carboxylic acids is 2. The maximum atomic E-state index is 12.5. The van der Waals surface area contributed by atoms with Crippen molar-refractivity contribution >= 4 is 17.5 Å². The van der Waals surface area contributed by atoms with Crippen LogP contribution in [0.25, 0.3) is 0 Å². The molecule has 5 nitrogen and oxygen atoms in total. The molecule has 0 unspecified atom stereocenters. The summed E-state index contributed by atoms with van der Waals surface area (Å²) in [5.41, 5.74) is 6.27. The highest BCUT2D eigenvalue weighted by Gasteiger charge is 2.35. The molecule has 0 spiro atoms. The predicted octanol–water partition coefficient (Wildman–Crippen LogP) is 2.82. The predicted molar refractivity (Wildman–Crippen MR) is 92.3 cm³/mol. The highest BCUT2D eigenvalue weighted by molar-refractivity contribution is 6.00. The van der Waals surface area contributed by atoms with Crippen LogP contribution in [0.2, 0.25) is 0 Å². The van der Waals surface area contributed by atoms with Crippen molar-refractivity contribution in [3.8, 4) is 0 Å². The molecule has 0 heterocycles. The fraction of sp³-hybridized carbons (Fsp3) is 0.556. The Morgan fingerprint density at radius 3 is 2.39 bits per heavy atom. The molecule has 1 aromatic carbocycles. The fourth-order valence-corrected chi connectivity index (χ4v) is 2.82. The average molecular weight is 317 g/mol. The Balaban J connectivity index is 2.08. The lowest BCUT2D eigenvalue weighted by atomic mass is 9.82. The van der Waals surface area contributed by atoms with Crippen LogP contribution in [0.3, 0.4) is 0 Å². The highest BCUT2D eigenvalue weighted by atomic mass is 16.2. The minimum absolute atomic E-state index is 0.159. The van der Waals surface area contributed by atoms with Crippen molar-refractivity contribution < 1.29 is 9.59 Å². The zero-order valence-corrected chi connectivity index (χ0v) is 14.2. The van der Waals surface area contributed by atoms with Gasteiger partial charge in [0, 0.05) is 16.8 Å². The van der Waals surface area contributed by atoms with E-state index in [2.05, 4.69) is 10.6 Å². The van der Waals surface area contributed by atoms with Crippen LogP contribution in [0.4, 0.5) is 5.69 Å². The summed E-state index contributed by atoms with van der Waals surface area (Å²) in [6.45, 7) is 5.79. The molecule has 2 rings (SSSR count). The molecule has 0 atom stereocenters. The Kier molecular flexibility index (Phi) is 5.09. The minimum atomic E-state index is -0.790. The number of hydrogen-bond donors (Lipinski definition) is 3. The lowest BCUT2D eigenvalue weighted by molar-refractivity contribution is -0.122. The summed E-state index contributed by atoms with van der Waals surface area (Å²) in [5, 5.41) is 5.78. The summed E-state index contributed by atoms with van der Waals surface area (Å²) in [6.07, 6.45) is 4.52. The number of hydrogen-bond acceptors (Lipinski definition) is 3. The summed E-state index contributed by atoms with van der Waals surface area (Å²) < 4.78 is 0. The second-order valence-corrected chi connectivity index (χ2v) is 7.46.